The van der Waals surface area contributed by atoms with E-state index in [0.29, 0.717) is 11.9 Å². The van der Waals surface area contributed by atoms with E-state index in [1.54, 1.807) is 19.4 Å². The van der Waals surface area contributed by atoms with Crippen LogP contribution in [0.1, 0.15) is 18.4 Å². The lowest BCUT2D eigenvalue weighted by Crippen LogP contribution is -2.32. The Morgan fingerprint density at radius 3 is 3.05 bits per heavy atom. The van der Waals surface area contributed by atoms with E-state index in [0.717, 1.165) is 31.6 Å². The first-order valence-corrected chi connectivity index (χ1v) is 7.28. The van der Waals surface area contributed by atoms with Gasteiger partial charge in [-0.05, 0) is 49.1 Å². The number of anilines is 1. The van der Waals surface area contributed by atoms with Crippen LogP contribution in [0.3, 0.4) is 0 Å². The highest BCUT2D eigenvalue weighted by Gasteiger charge is 2.27. The van der Waals surface area contributed by atoms with Crippen molar-refractivity contribution in [3.8, 4) is 5.75 Å². The van der Waals surface area contributed by atoms with Crippen molar-refractivity contribution in [2.24, 2.45) is 0 Å². The zero-order valence-electron chi connectivity index (χ0n) is 12.1. The highest BCUT2D eigenvalue weighted by atomic mass is 19.1. The molecule has 4 heteroatoms. The molecule has 0 saturated carbocycles. The minimum Gasteiger partial charge on any atom is -0.497 e. The summed E-state index contributed by atoms with van der Waals surface area (Å²) in [6, 6.07) is 11.5. The SMILES string of the molecule is COc1cccc(CC2CCCN2c2ncccc2F)c1. The van der Waals surface area contributed by atoms with E-state index < -0.39 is 0 Å². The number of pyridine rings is 1. The summed E-state index contributed by atoms with van der Waals surface area (Å²) in [4.78, 5) is 6.30. The van der Waals surface area contributed by atoms with Crippen molar-refractivity contribution in [3.05, 3.63) is 54.0 Å². The standard InChI is InChI=1S/C17H19FN2O/c1-21-15-7-2-5-13(12-15)11-14-6-4-10-20(14)17-16(18)8-3-9-19-17/h2-3,5,7-9,12,14H,4,6,10-11H2,1H3. The van der Waals surface area contributed by atoms with Crippen molar-refractivity contribution < 1.29 is 9.13 Å². The van der Waals surface area contributed by atoms with Crippen molar-refractivity contribution in [2.45, 2.75) is 25.3 Å². The second-order valence-electron chi connectivity index (χ2n) is 5.35. The van der Waals surface area contributed by atoms with Gasteiger partial charge < -0.3 is 9.64 Å². The molecule has 3 nitrogen and oxygen atoms in total. The minimum atomic E-state index is -0.241. The zero-order valence-corrected chi connectivity index (χ0v) is 12.1. The molecule has 1 fully saturated rings. The van der Waals surface area contributed by atoms with Gasteiger partial charge in [-0.25, -0.2) is 9.37 Å². The first-order valence-electron chi connectivity index (χ1n) is 7.28. The van der Waals surface area contributed by atoms with Gasteiger partial charge in [-0.15, -0.1) is 0 Å². The molecule has 0 spiro atoms. The fourth-order valence-electron chi connectivity index (χ4n) is 2.99. The average Bonchev–Trinajstić information content (AvgIpc) is 2.96. The van der Waals surface area contributed by atoms with Gasteiger partial charge in [-0.1, -0.05) is 12.1 Å². The predicted octanol–water partition coefficient (Wildman–Crippen LogP) is 3.44. The molecule has 3 rings (SSSR count). The molecule has 0 aliphatic carbocycles. The van der Waals surface area contributed by atoms with E-state index in [2.05, 4.69) is 16.0 Å². The summed E-state index contributed by atoms with van der Waals surface area (Å²) >= 11 is 0. The van der Waals surface area contributed by atoms with Crippen LogP contribution >= 0.6 is 0 Å². The molecular formula is C17H19FN2O. The second kappa shape index (κ2) is 6.12. The van der Waals surface area contributed by atoms with E-state index in [-0.39, 0.29) is 5.82 Å². The molecule has 2 heterocycles. The number of nitrogens with zero attached hydrogens (tertiary/aromatic N) is 2. The van der Waals surface area contributed by atoms with Crippen LogP contribution in [0, 0.1) is 5.82 Å². The van der Waals surface area contributed by atoms with E-state index in [1.807, 2.05) is 18.2 Å². The number of aromatic nitrogens is 1. The Bertz CT molecular complexity index is 617. The lowest BCUT2D eigenvalue weighted by atomic mass is 10.0. The fourth-order valence-corrected chi connectivity index (χ4v) is 2.99. The van der Waals surface area contributed by atoms with Gasteiger partial charge in [-0.2, -0.15) is 0 Å². The van der Waals surface area contributed by atoms with Crippen LogP contribution in [0.4, 0.5) is 10.2 Å². The molecule has 0 radical (unpaired) electrons. The summed E-state index contributed by atoms with van der Waals surface area (Å²) in [5, 5.41) is 0. The first kappa shape index (κ1) is 13.9. The smallest absolute Gasteiger partial charge is 0.165 e. The molecule has 1 aliphatic heterocycles. The van der Waals surface area contributed by atoms with E-state index in [9.17, 15) is 4.39 Å². The van der Waals surface area contributed by atoms with Gasteiger partial charge in [0.1, 0.15) is 5.75 Å². The summed E-state index contributed by atoms with van der Waals surface area (Å²) in [6.07, 6.45) is 4.67. The van der Waals surface area contributed by atoms with Gasteiger partial charge in [0.2, 0.25) is 0 Å². The van der Waals surface area contributed by atoms with Gasteiger partial charge in [0.15, 0.2) is 11.6 Å². The number of halogens is 1. The molecule has 0 amide bonds. The van der Waals surface area contributed by atoms with Gasteiger partial charge in [0.05, 0.1) is 7.11 Å². The van der Waals surface area contributed by atoms with Crippen LogP contribution < -0.4 is 9.64 Å². The Morgan fingerprint density at radius 2 is 2.24 bits per heavy atom. The monoisotopic (exact) mass is 286 g/mol. The van der Waals surface area contributed by atoms with E-state index in [4.69, 9.17) is 4.74 Å². The third-order valence-corrected chi connectivity index (χ3v) is 3.99. The predicted molar refractivity (Wildman–Crippen MR) is 81.3 cm³/mol. The number of hydrogen-bond acceptors (Lipinski definition) is 3. The Labute approximate surface area is 124 Å². The van der Waals surface area contributed by atoms with Crippen LogP contribution in [0.25, 0.3) is 0 Å². The molecule has 21 heavy (non-hydrogen) atoms. The first-order chi connectivity index (χ1) is 10.3. The van der Waals surface area contributed by atoms with Crippen molar-refractivity contribution in [1.29, 1.82) is 0 Å². The van der Waals surface area contributed by atoms with Crippen molar-refractivity contribution >= 4 is 5.82 Å². The lowest BCUT2D eigenvalue weighted by molar-refractivity contribution is 0.414. The summed E-state index contributed by atoms with van der Waals surface area (Å²) < 4.78 is 19.2. The van der Waals surface area contributed by atoms with Crippen LogP contribution in [-0.2, 0) is 6.42 Å². The highest BCUT2D eigenvalue weighted by molar-refractivity contribution is 5.43. The van der Waals surface area contributed by atoms with Crippen LogP contribution in [0.5, 0.6) is 5.75 Å². The molecule has 1 atom stereocenters. The normalized spacial score (nSPS) is 18.0. The average molecular weight is 286 g/mol. The lowest BCUT2D eigenvalue weighted by Gasteiger charge is -2.26. The summed E-state index contributed by atoms with van der Waals surface area (Å²) in [5.74, 6) is 1.10. The Morgan fingerprint density at radius 1 is 1.33 bits per heavy atom. The number of rotatable bonds is 4. The molecular weight excluding hydrogens is 267 g/mol. The molecule has 0 bridgehead atoms. The van der Waals surface area contributed by atoms with Crippen molar-refractivity contribution in [2.75, 3.05) is 18.6 Å². The quantitative estimate of drug-likeness (QED) is 0.861. The number of ether oxygens (including phenoxy) is 1. The molecule has 1 aromatic carbocycles. The Kier molecular flexibility index (Phi) is 4.04. The molecule has 1 aromatic heterocycles. The third-order valence-electron chi connectivity index (χ3n) is 3.99. The summed E-state index contributed by atoms with van der Waals surface area (Å²) in [7, 11) is 1.67. The molecule has 1 aliphatic rings. The second-order valence-corrected chi connectivity index (χ2v) is 5.35. The molecule has 1 saturated heterocycles. The molecule has 2 aromatic rings. The number of benzene rings is 1. The Balaban J connectivity index is 1.79. The largest absolute Gasteiger partial charge is 0.497 e. The summed E-state index contributed by atoms with van der Waals surface area (Å²) in [6.45, 7) is 0.864. The van der Waals surface area contributed by atoms with E-state index >= 15 is 0 Å². The topological polar surface area (TPSA) is 25.4 Å². The van der Waals surface area contributed by atoms with E-state index in [1.165, 1.54) is 11.6 Å². The number of hydrogen-bond donors (Lipinski definition) is 0. The third kappa shape index (κ3) is 2.99. The number of methoxy groups -OCH3 is 1. The van der Waals surface area contributed by atoms with Gasteiger partial charge in [0.25, 0.3) is 0 Å². The molecule has 110 valence electrons. The van der Waals surface area contributed by atoms with Crippen molar-refractivity contribution in [3.63, 3.8) is 0 Å². The van der Waals surface area contributed by atoms with Gasteiger partial charge in [0, 0.05) is 18.8 Å². The van der Waals surface area contributed by atoms with Crippen molar-refractivity contribution in [1.82, 2.24) is 4.98 Å². The van der Waals surface area contributed by atoms with Gasteiger partial charge in [-0.3, -0.25) is 0 Å². The zero-order chi connectivity index (χ0) is 14.7. The minimum absolute atomic E-state index is 0.241. The van der Waals surface area contributed by atoms with Gasteiger partial charge >= 0.3 is 0 Å². The fraction of sp³-hybridized carbons (Fsp3) is 0.353. The molecule has 1 unspecified atom stereocenters. The maximum Gasteiger partial charge on any atom is 0.165 e. The highest BCUT2D eigenvalue weighted by Crippen LogP contribution is 2.28. The maximum atomic E-state index is 13.9. The van der Waals surface area contributed by atoms with Crippen LogP contribution in [0.15, 0.2) is 42.6 Å². The maximum absolute atomic E-state index is 13.9. The summed E-state index contributed by atoms with van der Waals surface area (Å²) in [5.41, 5.74) is 1.21. The molecule has 0 N–H and O–H groups in total. The van der Waals surface area contributed by atoms with Crippen LogP contribution in [0.2, 0.25) is 0 Å². The Hall–Kier alpha value is -2.10. The van der Waals surface area contributed by atoms with Crippen LogP contribution in [-0.4, -0.2) is 24.7 Å².